The summed E-state index contributed by atoms with van der Waals surface area (Å²) in [6.07, 6.45) is 2.69. The first-order chi connectivity index (χ1) is 7.66. The summed E-state index contributed by atoms with van der Waals surface area (Å²) in [6.45, 7) is 6.75. The molecule has 2 rings (SSSR count). The summed E-state index contributed by atoms with van der Waals surface area (Å²) in [4.78, 5) is 2.49. The molecule has 1 heterocycles. The summed E-state index contributed by atoms with van der Waals surface area (Å²) < 4.78 is 0. The molecule has 1 aromatic rings. The van der Waals surface area contributed by atoms with Crippen LogP contribution in [-0.2, 0) is 0 Å². The highest BCUT2D eigenvalue weighted by atomic mass is 15.1. The lowest BCUT2D eigenvalue weighted by Crippen LogP contribution is -2.34. The molecule has 2 heteroatoms. The van der Waals surface area contributed by atoms with Crippen LogP contribution in [0.3, 0.4) is 0 Å². The highest BCUT2D eigenvalue weighted by Crippen LogP contribution is 2.24. The first-order valence-corrected chi connectivity index (χ1v) is 6.27. The van der Waals surface area contributed by atoms with Crippen molar-refractivity contribution in [3.63, 3.8) is 0 Å². The fourth-order valence-electron chi connectivity index (χ4n) is 2.41. The van der Waals surface area contributed by atoms with E-state index in [-0.39, 0.29) is 6.04 Å². The van der Waals surface area contributed by atoms with E-state index in [1.54, 1.807) is 0 Å². The first kappa shape index (κ1) is 11.5. The van der Waals surface area contributed by atoms with Crippen molar-refractivity contribution in [1.82, 2.24) is 0 Å². The molecule has 0 spiro atoms. The minimum atomic E-state index is 0.134. The molecular weight excluding hydrogens is 196 g/mol. The van der Waals surface area contributed by atoms with Gasteiger partial charge in [0.15, 0.2) is 0 Å². The molecule has 2 nitrogen and oxygen atoms in total. The van der Waals surface area contributed by atoms with Gasteiger partial charge in [0.25, 0.3) is 0 Å². The second kappa shape index (κ2) is 4.88. The third kappa shape index (κ3) is 2.56. The molecule has 0 bridgehead atoms. The lowest BCUT2D eigenvalue weighted by atomic mass is 9.99. The second-order valence-electron chi connectivity index (χ2n) is 5.07. The Bertz CT molecular complexity index is 329. The Morgan fingerprint density at radius 2 is 2.00 bits per heavy atom. The Balaban J connectivity index is 2.09. The van der Waals surface area contributed by atoms with Crippen molar-refractivity contribution >= 4 is 5.69 Å². The number of anilines is 1. The van der Waals surface area contributed by atoms with E-state index >= 15 is 0 Å². The molecule has 0 amide bonds. The van der Waals surface area contributed by atoms with Gasteiger partial charge in [0.1, 0.15) is 0 Å². The molecule has 0 radical (unpaired) electrons. The van der Waals surface area contributed by atoms with Gasteiger partial charge in [-0.2, -0.15) is 0 Å². The van der Waals surface area contributed by atoms with Crippen LogP contribution in [0.1, 0.15) is 38.3 Å². The number of nitrogens with two attached hydrogens (primary N) is 1. The van der Waals surface area contributed by atoms with E-state index in [0.29, 0.717) is 0 Å². The fraction of sp³-hybridized carbons (Fsp3) is 0.571. The van der Waals surface area contributed by atoms with Crippen LogP contribution in [0.25, 0.3) is 0 Å². The molecule has 1 aliphatic rings. The van der Waals surface area contributed by atoms with Crippen LogP contribution >= 0.6 is 0 Å². The molecule has 1 aromatic carbocycles. The third-order valence-corrected chi connectivity index (χ3v) is 3.44. The first-order valence-electron chi connectivity index (χ1n) is 6.27. The average molecular weight is 218 g/mol. The van der Waals surface area contributed by atoms with Crippen LogP contribution in [-0.4, -0.2) is 13.1 Å². The van der Waals surface area contributed by atoms with Crippen molar-refractivity contribution in [3.8, 4) is 0 Å². The molecule has 0 saturated carbocycles. The maximum atomic E-state index is 5.85. The Kier molecular flexibility index (Phi) is 3.49. The predicted molar refractivity (Wildman–Crippen MR) is 69.7 cm³/mol. The highest BCUT2D eigenvalue weighted by molar-refractivity contribution is 5.48. The molecule has 0 aromatic heterocycles. The largest absolute Gasteiger partial charge is 0.371 e. The van der Waals surface area contributed by atoms with E-state index < -0.39 is 0 Å². The van der Waals surface area contributed by atoms with E-state index in [4.69, 9.17) is 5.73 Å². The minimum Gasteiger partial charge on any atom is -0.371 e. The molecule has 0 unspecified atom stereocenters. The number of rotatable bonds is 2. The highest BCUT2D eigenvalue weighted by Gasteiger charge is 2.16. The summed E-state index contributed by atoms with van der Waals surface area (Å²) in [6, 6.07) is 8.85. The summed E-state index contributed by atoms with van der Waals surface area (Å²) in [5, 5.41) is 0. The smallest absolute Gasteiger partial charge is 0.0366 e. The average Bonchev–Trinajstić information content (AvgIpc) is 2.29. The van der Waals surface area contributed by atoms with Gasteiger partial charge >= 0.3 is 0 Å². The van der Waals surface area contributed by atoms with Crippen LogP contribution in [0.5, 0.6) is 0 Å². The maximum absolute atomic E-state index is 5.85. The van der Waals surface area contributed by atoms with E-state index in [2.05, 4.69) is 36.1 Å². The Morgan fingerprint density at radius 1 is 1.31 bits per heavy atom. The summed E-state index contributed by atoms with van der Waals surface area (Å²) in [5.74, 6) is 0.821. The third-order valence-electron chi connectivity index (χ3n) is 3.44. The molecule has 2 N–H and O–H groups in total. The topological polar surface area (TPSA) is 29.3 Å². The number of piperidine rings is 1. The quantitative estimate of drug-likeness (QED) is 0.827. The second-order valence-corrected chi connectivity index (χ2v) is 5.07. The van der Waals surface area contributed by atoms with Gasteiger partial charge in [0.2, 0.25) is 0 Å². The Morgan fingerprint density at radius 3 is 2.56 bits per heavy atom. The van der Waals surface area contributed by atoms with Crippen molar-refractivity contribution in [1.29, 1.82) is 0 Å². The number of benzene rings is 1. The molecule has 1 fully saturated rings. The lowest BCUT2D eigenvalue weighted by Gasteiger charge is -2.33. The zero-order chi connectivity index (χ0) is 11.5. The van der Waals surface area contributed by atoms with Gasteiger partial charge in [-0.1, -0.05) is 19.1 Å². The van der Waals surface area contributed by atoms with E-state index in [9.17, 15) is 0 Å². The van der Waals surface area contributed by atoms with Crippen LogP contribution in [0.2, 0.25) is 0 Å². The van der Waals surface area contributed by atoms with E-state index in [0.717, 1.165) is 5.92 Å². The van der Waals surface area contributed by atoms with E-state index in [1.165, 1.54) is 37.2 Å². The van der Waals surface area contributed by atoms with Gasteiger partial charge < -0.3 is 10.6 Å². The normalized spacial score (nSPS) is 23.2. The zero-order valence-electron chi connectivity index (χ0n) is 10.3. The standard InChI is InChI=1S/C14H22N2/c1-11-4-3-9-16(10-11)14-7-5-13(6-8-14)12(2)15/h5-8,11-12H,3-4,9-10,15H2,1-2H3/t11-,12+/m0/s1. The Labute approximate surface area is 98.4 Å². The van der Waals surface area contributed by atoms with Gasteiger partial charge in [0, 0.05) is 24.8 Å². The molecule has 2 atom stereocenters. The number of nitrogens with zero attached hydrogens (tertiary/aromatic N) is 1. The monoisotopic (exact) mass is 218 g/mol. The van der Waals surface area contributed by atoms with Crippen LogP contribution in [0.15, 0.2) is 24.3 Å². The van der Waals surface area contributed by atoms with Gasteiger partial charge in [-0.3, -0.25) is 0 Å². The maximum Gasteiger partial charge on any atom is 0.0366 e. The number of hydrogen-bond acceptors (Lipinski definition) is 2. The zero-order valence-corrected chi connectivity index (χ0v) is 10.3. The van der Waals surface area contributed by atoms with E-state index in [1.807, 2.05) is 6.92 Å². The van der Waals surface area contributed by atoms with Crippen LogP contribution in [0, 0.1) is 5.92 Å². The summed E-state index contributed by atoms with van der Waals surface area (Å²) in [7, 11) is 0. The van der Waals surface area contributed by atoms with Crippen LogP contribution in [0.4, 0.5) is 5.69 Å². The number of hydrogen-bond donors (Lipinski definition) is 1. The summed E-state index contributed by atoms with van der Waals surface area (Å²) in [5.41, 5.74) is 8.41. The van der Waals surface area contributed by atoms with Gasteiger partial charge in [-0.15, -0.1) is 0 Å². The van der Waals surface area contributed by atoms with Gasteiger partial charge in [-0.25, -0.2) is 0 Å². The lowest BCUT2D eigenvalue weighted by molar-refractivity contribution is 0.447. The molecule has 16 heavy (non-hydrogen) atoms. The Hall–Kier alpha value is -1.02. The SMILES string of the molecule is C[C@H]1CCCN(c2ccc([C@@H](C)N)cc2)C1. The fourth-order valence-corrected chi connectivity index (χ4v) is 2.41. The molecular formula is C14H22N2. The minimum absolute atomic E-state index is 0.134. The molecule has 1 aliphatic heterocycles. The molecule has 0 aliphatic carbocycles. The van der Waals surface area contributed by atoms with Gasteiger partial charge in [-0.05, 0) is 43.4 Å². The molecule has 1 saturated heterocycles. The van der Waals surface area contributed by atoms with Crippen molar-refractivity contribution in [2.45, 2.75) is 32.7 Å². The molecule has 88 valence electrons. The van der Waals surface area contributed by atoms with Crippen molar-refractivity contribution in [2.24, 2.45) is 11.7 Å². The van der Waals surface area contributed by atoms with Gasteiger partial charge in [0.05, 0.1) is 0 Å². The summed E-state index contributed by atoms with van der Waals surface area (Å²) >= 11 is 0. The van der Waals surface area contributed by atoms with Crippen molar-refractivity contribution < 1.29 is 0 Å². The predicted octanol–water partition coefficient (Wildman–Crippen LogP) is 2.94. The van der Waals surface area contributed by atoms with Crippen molar-refractivity contribution in [3.05, 3.63) is 29.8 Å². The van der Waals surface area contributed by atoms with Crippen LogP contribution < -0.4 is 10.6 Å². The van der Waals surface area contributed by atoms with Crippen molar-refractivity contribution in [2.75, 3.05) is 18.0 Å².